The fraction of sp³-hybridized carbons (Fsp3) is 0.385. The van der Waals surface area contributed by atoms with Crippen LogP contribution < -0.4 is 10.6 Å². The van der Waals surface area contributed by atoms with Crippen molar-refractivity contribution in [2.45, 2.75) is 25.8 Å². The maximum absolute atomic E-state index is 11.7. The summed E-state index contributed by atoms with van der Waals surface area (Å²) in [6, 6.07) is 4.05. The van der Waals surface area contributed by atoms with Gasteiger partial charge in [0.15, 0.2) is 5.13 Å². The first-order valence-corrected chi connectivity index (χ1v) is 7.10. The van der Waals surface area contributed by atoms with Gasteiger partial charge in [-0.15, -0.1) is 11.3 Å². The molecule has 0 aliphatic rings. The van der Waals surface area contributed by atoms with Gasteiger partial charge in [0.05, 0.1) is 0 Å². The second kappa shape index (κ2) is 6.38. The van der Waals surface area contributed by atoms with Crippen molar-refractivity contribution >= 4 is 22.5 Å². The molecule has 0 bridgehead atoms. The van der Waals surface area contributed by atoms with Crippen LogP contribution in [0.2, 0.25) is 0 Å². The maximum Gasteiger partial charge on any atom is 0.321 e. The smallest absolute Gasteiger partial charge is 0.321 e. The van der Waals surface area contributed by atoms with E-state index in [1.54, 1.807) is 6.20 Å². The molecule has 0 aliphatic carbocycles. The number of amides is 2. The summed E-state index contributed by atoms with van der Waals surface area (Å²) in [5.74, 6) is 0. The molecule has 5 nitrogen and oxygen atoms in total. The van der Waals surface area contributed by atoms with Crippen molar-refractivity contribution in [1.29, 1.82) is 0 Å². The van der Waals surface area contributed by atoms with Gasteiger partial charge in [0.25, 0.3) is 0 Å². The highest BCUT2D eigenvalue weighted by molar-refractivity contribution is 7.13. The first-order chi connectivity index (χ1) is 9.15. The highest BCUT2D eigenvalue weighted by Crippen LogP contribution is 2.10. The van der Waals surface area contributed by atoms with Crippen LogP contribution in [-0.2, 0) is 13.5 Å². The van der Waals surface area contributed by atoms with Crippen LogP contribution in [0.3, 0.4) is 0 Å². The molecule has 0 aliphatic heterocycles. The minimum absolute atomic E-state index is 0.120. The number of thiazole rings is 1. The molecule has 1 atom stereocenters. The predicted octanol–water partition coefficient (Wildman–Crippen LogP) is 2.62. The standard InChI is InChI=1S/C13H18N4OS/c1-10(5-6-11-4-3-8-17(11)2)15-12(18)16-13-14-7-9-19-13/h3-4,7-10H,5-6H2,1-2H3,(H2,14,15,16,18)/t10-/m0/s1. The SMILES string of the molecule is C[C@@H](CCc1cccn1C)NC(=O)Nc1nccs1. The second-order valence-electron chi connectivity index (χ2n) is 4.49. The molecule has 2 N–H and O–H groups in total. The number of carbonyl (C=O) groups is 1. The molecule has 0 aromatic carbocycles. The molecule has 2 heterocycles. The van der Waals surface area contributed by atoms with E-state index in [0.717, 1.165) is 12.8 Å². The lowest BCUT2D eigenvalue weighted by molar-refractivity contribution is 0.248. The Kier molecular flexibility index (Phi) is 4.57. The summed E-state index contributed by atoms with van der Waals surface area (Å²) in [6.07, 6.45) is 5.55. The summed E-state index contributed by atoms with van der Waals surface area (Å²) in [4.78, 5) is 15.7. The molecule has 2 aromatic heterocycles. The Balaban J connectivity index is 1.73. The van der Waals surface area contributed by atoms with Crippen LogP contribution in [0.15, 0.2) is 29.9 Å². The van der Waals surface area contributed by atoms with Crippen molar-refractivity contribution in [3.05, 3.63) is 35.6 Å². The normalized spacial score (nSPS) is 12.1. The molecule has 0 spiro atoms. The number of rotatable bonds is 5. The second-order valence-corrected chi connectivity index (χ2v) is 5.38. The number of nitrogens with zero attached hydrogens (tertiary/aromatic N) is 2. The molecule has 19 heavy (non-hydrogen) atoms. The molecule has 2 aromatic rings. The van der Waals surface area contributed by atoms with Crippen LogP contribution in [0.4, 0.5) is 9.93 Å². The zero-order valence-corrected chi connectivity index (χ0v) is 11.9. The molecule has 6 heteroatoms. The topological polar surface area (TPSA) is 59.0 Å². The number of urea groups is 1. The van der Waals surface area contributed by atoms with Crippen molar-refractivity contribution in [2.24, 2.45) is 7.05 Å². The molecular weight excluding hydrogens is 260 g/mol. The van der Waals surface area contributed by atoms with Gasteiger partial charge in [-0.1, -0.05) is 0 Å². The van der Waals surface area contributed by atoms with E-state index < -0.39 is 0 Å². The Bertz CT molecular complexity index is 520. The molecular formula is C13H18N4OS. The van der Waals surface area contributed by atoms with Crippen LogP contribution in [0.5, 0.6) is 0 Å². The van der Waals surface area contributed by atoms with E-state index >= 15 is 0 Å². The predicted molar refractivity (Wildman–Crippen MR) is 77.5 cm³/mol. The number of nitrogens with one attached hydrogen (secondary N) is 2. The van der Waals surface area contributed by atoms with E-state index in [1.807, 2.05) is 31.6 Å². The maximum atomic E-state index is 11.7. The highest BCUT2D eigenvalue weighted by Gasteiger charge is 2.09. The van der Waals surface area contributed by atoms with E-state index in [4.69, 9.17) is 0 Å². The molecule has 2 rings (SSSR count). The molecule has 0 fully saturated rings. The van der Waals surface area contributed by atoms with Crippen LogP contribution >= 0.6 is 11.3 Å². The molecule has 0 saturated heterocycles. The summed E-state index contributed by atoms with van der Waals surface area (Å²) in [7, 11) is 2.03. The van der Waals surface area contributed by atoms with Gasteiger partial charge >= 0.3 is 6.03 Å². The third kappa shape index (κ3) is 4.10. The van der Waals surface area contributed by atoms with Gasteiger partial charge in [0, 0.05) is 36.6 Å². The van der Waals surface area contributed by atoms with Crippen LogP contribution in [0.25, 0.3) is 0 Å². The lowest BCUT2D eigenvalue weighted by atomic mass is 10.1. The first kappa shape index (κ1) is 13.6. The van der Waals surface area contributed by atoms with Gasteiger partial charge in [-0.05, 0) is 31.9 Å². The molecule has 0 radical (unpaired) electrons. The lowest BCUT2D eigenvalue weighted by Crippen LogP contribution is -2.36. The molecule has 0 unspecified atom stereocenters. The molecule has 102 valence electrons. The average molecular weight is 278 g/mol. The highest BCUT2D eigenvalue weighted by atomic mass is 32.1. The zero-order valence-electron chi connectivity index (χ0n) is 11.1. The zero-order chi connectivity index (χ0) is 13.7. The number of carbonyl (C=O) groups excluding carboxylic acids is 1. The fourth-order valence-electron chi connectivity index (χ4n) is 1.83. The van der Waals surface area contributed by atoms with E-state index in [-0.39, 0.29) is 12.1 Å². The monoisotopic (exact) mass is 278 g/mol. The third-order valence-electron chi connectivity index (χ3n) is 2.92. The number of hydrogen-bond acceptors (Lipinski definition) is 3. The molecule has 0 saturated carbocycles. The van der Waals surface area contributed by atoms with Gasteiger partial charge in [0.1, 0.15) is 0 Å². The summed E-state index contributed by atoms with van der Waals surface area (Å²) < 4.78 is 2.10. The van der Waals surface area contributed by atoms with Crippen LogP contribution in [0.1, 0.15) is 19.0 Å². The van der Waals surface area contributed by atoms with E-state index in [9.17, 15) is 4.79 Å². The summed E-state index contributed by atoms with van der Waals surface area (Å²) in [5.41, 5.74) is 1.27. The molecule has 2 amide bonds. The van der Waals surface area contributed by atoms with Gasteiger partial charge in [-0.2, -0.15) is 0 Å². The Morgan fingerprint density at radius 3 is 3.05 bits per heavy atom. The first-order valence-electron chi connectivity index (χ1n) is 6.22. The van der Waals surface area contributed by atoms with E-state index in [2.05, 4.69) is 26.3 Å². The Labute approximate surface area is 116 Å². The lowest BCUT2D eigenvalue weighted by Gasteiger charge is -2.14. The van der Waals surface area contributed by atoms with Gasteiger partial charge < -0.3 is 9.88 Å². The van der Waals surface area contributed by atoms with Crippen molar-refractivity contribution in [3.8, 4) is 0 Å². The Morgan fingerprint density at radius 1 is 1.58 bits per heavy atom. The summed E-state index contributed by atoms with van der Waals surface area (Å²) in [5, 5.41) is 8.06. The summed E-state index contributed by atoms with van der Waals surface area (Å²) in [6.45, 7) is 2.00. The van der Waals surface area contributed by atoms with Gasteiger partial charge in [-0.25, -0.2) is 9.78 Å². The fourth-order valence-corrected chi connectivity index (χ4v) is 2.36. The van der Waals surface area contributed by atoms with Crippen molar-refractivity contribution in [2.75, 3.05) is 5.32 Å². The quantitative estimate of drug-likeness (QED) is 0.883. The minimum atomic E-state index is -0.200. The largest absolute Gasteiger partial charge is 0.354 e. The number of aromatic nitrogens is 2. The van der Waals surface area contributed by atoms with Gasteiger partial charge in [-0.3, -0.25) is 5.32 Å². The van der Waals surface area contributed by atoms with E-state index in [1.165, 1.54) is 17.0 Å². The van der Waals surface area contributed by atoms with Crippen LogP contribution in [0, 0.1) is 0 Å². The Hall–Kier alpha value is -1.82. The average Bonchev–Trinajstić information content (AvgIpc) is 2.98. The van der Waals surface area contributed by atoms with Crippen molar-refractivity contribution in [1.82, 2.24) is 14.9 Å². The van der Waals surface area contributed by atoms with Crippen LogP contribution in [-0.4, -0.2) is 21.6 Å². The minimum Gasteiger partial charge on any atom is -0.354 e. The van der Waals surface area contributed by atoms with Gasteiger partial charge in [0.2, 0.25) is 0 Å². The Morgan fingerprint density at radius 2 is 2.42 bits per heavy atom. The van der Waals surface area contributed by atoms with E-state index in [0.29, 0.717) is 5.13 Å². The van der Waals surface area contributed by atoms with Crippen molar-refractivity contribution in [3.63, 3.8) is 0 Å². The third-order valence-corrected chi connectivity index (χ3v) is 3.60. The number of anilines is 1. The van der Waals surface area contributed by atoms with Crippen molar-refractivity contribution < 1.29 is 4.79 Å². The summed E-state index contributed by atoms with van der Waals surface area (Å²) >= 11 is 1.41. The number of aryl methyl sites for hydroxylation is 2. The number of hydrogen-bond donors (Lipinski definition) is 2.